The summed E-state index contributed by atoms with van der Waals surface area (Å²) in [6, 6.07) is 19.1. The molecule has 4 rings (SSSR count). The van der Waals surface area contributed by atoms with Gasteiger partial charge < -0.3 is 19.1 Å². The van der Waals surface area contributed by atoms with Gasteiger partial charge in [-0.2, -0.15) is 0 Å². The largest absolute Gasteiger partial charge is 0.497 e. The molecule has 164 valence electrons. The van der Waals surface area contributed by atoms with Gasteiger partial charge in [-0.15, -0.1) is 0 Å². The van der Waals surface area contributed by atoms with Crippen molar-refractivity contribution in [2.75, 3.05) is 26.9 Å². The van der Waals surface area contributed by atoms with Crippen LogP contribution >= 0.6 is 0 Å². The zero-order chi connectivity index (χ0) is 21.7. The van der Waals surface area contributed by atoms with E-state index >= 15 is 0 Å². The first-order valence-corrected chi connectivity index (χ1v) is 11.2. The topological polar surface area (TPSA) is 30.9 Å². The normalized spacial score (nSPS) is 20.4. The summed E-state index contributed by atoms with van der Waals surface area (Å²) in [4.78, 5) is 2.47. The molecular weight excluding hydrogens is 386 g/mol. The Balaban J connectivity index is 1.44. The molecule has 2 heterocycles. The van der Waals surface area contributed by atoms with Crippen molar-refractivity contribution in [3.63, 3.8) is 0 Å². The van der Waals surface area contributed by atoms with Gasteiger partial charge in [-0.05, 0) is 67.8 Å². The molecular formula is C27H33NO3. The third-order valence-corrected chi connectivity index (χ3v) is 6.52. The zero-order valence-corrected chi connectivity index (χ0v) is 18.8. The van der Waals surface area contributed by atoms with E-state index in [9.17, 15) is 0 Å². The first-order valence-electron chi connectivity index (χ1n) is 11.2. The van der Waals surface area contributed by atoms with Gasteiger partial charge in [-0.3, -0.25) is 0 Å². The number of methoxy groups -OCH3 is 1. The number of nitrogens with zero attached hydrogens (tertiary/aromatic N) is 1. The Morgan fingerprint density at radius 3 is 2.39 bits per heavy atom. The fraction of sp³-hybridized carbons (Fsp3) is 0.407. The number of allylic oxidation sites excluding steroid dienone is 2. The Morgan fingerprint density at radius 1 is 1.00 bits per heavy atom. The van der Waals surface area contributed by atoms with E-state index in [0.29, 0.717) is 19.3 Å². The van der Waals surface area contributed by atoms with Crippen molar-refractivity contribution < 1.29 is 14.2 Å². The highest BCUT2D eigenvalue weighted by molar-refractivity contribution is 5.34. The van der Waals surface area contributed by atoms with Crippen molar-refractivity contribution >= 4 is 0 Å². The predicted octanol–water partition coefficient (Wildman–Crippen LogP) is 5.45. The van der Waals surface area contributed by atoms with Crippen LogP contribution in [0.4, 0.5) is 0 Å². The molecule has 1 fully saturated rings. The zero-order valence-electron chi connectivity index (χ0n) is 18.8. The van der Waals surface area contributed by atoms with Crippen molar-refractivity contribution in [1.82, 2.24) is 4.90 Å². The van der Waals surface area contributed by atoms with Crippen LogP contribution < -0.4 is 4.74 Å². The van der Waals surface area contributed by atoms with E-state index in [1.54, 1.807) is 7.11 Å². The van der Waals surface area contributed by atoms with Crippen molar-refractivity contribution in [2.45, 2.75) is 44.9 Å². The lowest BCUT2D eigenvalue weighted by atomic mass is 9.92. The Morgan fingerprint density at radius 2 is 1.71 bits per heavy atom. The molecule has 0 radical (unpaired) electrons. The SMILES string of the molecule is COc1ccc(CC2C(C)=C(C)C=CN2CCCC2(c3ccccc3)OCCO2)cc1. The van der Waals surface area contributed by atoms with Gasteiger partial charge in [0.1, 0.15) is 5.75 Å². The van der Waals surface area contributed by atoms with Gasteiger partial charge in [-0.25, -0.2) is 0 Å². The summed E-state index contributed by atoms with van der Waals surface area (Å²) in [7, 11) is 1.71. The highest BCUT2D eigenvalue weighted by Crippen LogP contribution is 2.36. The summed E-state index contributed by atoms with van der Waals surface area (Å²) in [6.07, 6.45) is 7.30. The summed E-state index contributed by atoms with van der Waals surface area (Å²) in [5, 5.41) is 0. The van der Waals surface area contributed by atoms with Gasteiger partial charge in [0, 0.05) is 18.5 Å². The molecule has 0 N–H and O–H groups in total. The molecule has 2 aromatic rings. The van der Waals surface area contributed by atoms with Gasteiger partial charge >= 0.3 is 0 Å². The molecule has 31 heavy (non-hydrogen) atoms. The minimum absolute atomic E-state index is 0.358. The lowest BCUT2D eigenvalue weighted by Gasteiger charge is -2.36. The van der Waals surface area contributed by atoms with Gasteiger partial charge in [-0.1, -0.05) is 42.5 Å². The fourth-order valence-corrected chi connectivity index (χ4v) is 4.54. The van der Waals surface area contributed by atoms with Crippen molar-refractivity contribution in [2.24, 2.45) is 0 Å². The van der Waals surface area contributed by atoms with Gasteiger partial charge in [0.25, 0.3) is 0 Å². The molecule has 0 spiro atoms. The van der Waals surface area contributed by atoms with Crippen LogP contribution in [0, 0.1) is 0 Å². The summed E-state index contributed by atoms with van der Waals surface area (Å²) in [5.41, 5.74) is 5.23. The molecule has 1 unspecified atom stereocenters. The van der Waals surface area contributed by atoms with E-state index in [0.717, 1.165) is 37.1 Å². The average molecular weight is 420 g/mol. The number of ether oxygens (including phenoxy) is 3. The summed E-state index contributed by atoms with van der Waals surface area (Å²) < 4.78 is 17.5. The summed E-state index contributed by atoms with van der Waals surface area (Å²) in [6.45, 7) is 6.73. The van der Waals surface area contributed by atoms with E-state index in [2.05, 4.69) is 67.4 Å². The van der Waals surface area contributed by atoms with E-state index in [1.807, 2.05) is 18.2 Å². The van der Waals surface area contributed by atoms with Gasteiger partial charge in [0.15, 0.2) is 5.79 Å². The average Bonchev–Trinajstić information content (AvgIpc) is 3.29. The van der Waals surface area contributed by atoms with E-state index in [-0.39, 0.29) is 0 Å². The van der Waals surface area contributed by atoms with E-state index in [1.165, 1.54) is 16.7 Å². The highest BCUT2D eigenvalue weighted by atomic mass is 16.7. The molecule has 2 aliphatic rings. The first kappa shape index (κ1) is 21.7. The Labute approximate surface area is 186 Å². The molecule has 1 atom stereocenters. The monoisotopic (exact) mass is 419 g/mol. The molecule has 0 aliphatic carbocycles. The highest BCUT2D eigenvalue weighted by Gasteiger charge is 2.38. The van der Waals surface area contributed by atoms with Crippen LogP contribution in [0.3, 0.4) is 0 Å². The maximum atomic E-state index is 6.12. The van der Waals surface area contributed by atoms with Crippen LogP contribution in [0.25, 0.3) is 0 Å². The van der Waals surface area contributed by atoms with Crippen LogP contribution in [0.5, 0.6) is 5.75 Å². The standard InChI is InChI=1S/C27H33NO3/c1-21-14-17-28(26(22(21)2)20-23-10-12-25(29-3)13-11-23)16-7-15-27(30-18-19-31-27)24-8-5-4-6-9-24/h4-6,8-14,17,26H,7,15-16,18-20H2,1-3H3. The molecule has 0 aromatic heterocycles. The smallest absolute Gasteiger partial charge is 0.195 e. The van der Waals surface area contributed by atoms with Crippen LogP contribution in [0.2, 0.25) is 0 Å². The Bertz CT molecular complexity index is 911. The maximum absolute atomic E-state index is 6.12. The second-order valence-corrected chi connectivity index (χ2v) is 8.41. The molecule has 0 amide bonds. The van der Waals surface area contributed by atoms with Crippen molar-refractivity contribution in [1.29, 1.82) is 0 Å². The molecule has 4 nitrogen and oxygen atoms in total. The maximum Gasteiger partial charge on any atom is 0.195 e. The first-order chi connectivity index (χ1) is 15.1. The quantitative estimate of drug-likeness (QED) is 0.569. The molecule has 4 heteroatoms. The third-order valence-electron chi connectivity index (χ3n) is 6.52. The second kappa shape index (κ2) is 9.71. The number of hydrogen-bond acceptors (Lipinski definition) is 4. The lowest BCUT2D eigenvalue weighted by molar-refractivity contribution is -0.172. The number of benzene rings is 2. The molecule has 2 aromatic carbocycles. The predicted molar refractivity (Wildman–Crippen MR) is 124 cm³/mol. The van der Waals surface area contributed by atoms with Crippen LogP contribution in [-0.4, -0.2) is 37.8 Å². The summed E-state index contributed by atoms with van der Waals surface area (Å²) >= 11 is 0. The minimum Gasteiger partial charge on any atom is -0.497 e. The van der Waals surface area contributed by atoms with Crippen LogP contribution in [0.1, 0.15) is 37.8 Å². The van der Waals surface area contributed by atoms with Crippen molar-refractivity contribution in [3.8, 4) is 5.75 Å². The third kappa shape index (κ3) is 4.86. The Kier molecular flexibility index (Phi) is 6.79. The van der Waals surface area contributed by atoms with Crippen LogP contribution in [-0.2, 0) is 21.7 Å². The number of hydrogen-bond donors (Lipinski definition) is 0. The van der Waals surface area contributed by atoms with Crippen molar-refractivity contribution in [3.05, 3.63) is 89.1 Å². The number of rotatable bonds is 8. The molecule has 0 saturated carbocycles. The minimum atomic E-state index is -0.604. The summed E-state index contributed by atoms with van der Waals surface area (Å²) in [5.74, 6) is 0.294. The molecule has 2 aliphatic heterocycles. The molecule has 1 saturated heterocycles. The van der Waals surface area contributed by atoms with E-state index in [4.69, 9.17) is 14.2 Å². The second-order valence-electron chi connectivity index (χ2n) is 8.41. The Hall–Kier alpha value is -2.56. The molecule has 0 bridgehead atoms. The van der Waals surface area contributed by atoms with Gasteiger partial charge in [0.05, 0.1) is 26.4 Å². The van der Waals surface area contributed by atoms with Crippen LogP contribution in [0.15, 0.2) is 78.0 Å². The van der Waals surface area contributed by atoms with E-state index < -0.39 is 5.79 Å². The lowest BCUT2D eigenvalue weighted by Crippen LogP contribution is -2.37. The fourth-order valence-electron chi connectivity index (χ4n) is 4.54. The van der Waals surface area contributed by atoms with Gasteiger partial charge in [0.2, 0.25) is 0 Å².